The number of likely N-dealkylation sites (N-methyl/N-ethyl adjacent to an activating group) is 1. The van der Waals surface area contributed by atoms with Crippen LogP contribution >= 0.6 is 0 Å². The van der Waals surface area contributed by atoms with E-state index in [1.165, 1.54) is 11.1 Å². The highest BCUT2D eigenvalue weighted by atomic mass is 16.5. The fraction of sp³-hybridized carbons (Fsp3) is 0.344. The molecule has 0 radical (unpaired) electrons. The summed E-state index contributed by atoms with van der Waals surface area (Å²) >= 11 is 0. The first-order chi connectivity index (χ1) is 18.8. The molecule has 204 valence electrons. The molecule has 0 heterocycles. The molecule has 0 aromatic heterocycles. The highest BCUT2D eigenvalue weighted by Gasteiger charge is 2.34. The molecule has 1 unspecified atom stereocenters. The van der Waals surface area contributed by atoms with Crippen molar-refractivity contribution in [3.8, 4) is 11.1 Å². The normalized spacial score (nSPS) is 14.4. The Bertz CT molecular complexity index is 1270. The molecule has 0 saturated heterocycles. The predicted molar refractivity (Wildman–Crippen MR) is 151 cm³/mol. The van der Waals surface area contributed by atoms with Gasteiger partial charge in [-0.15, -0.1) is 0 Å². The lowest BCUT2D eigenvalue weighted by atomic mass is 9.92. The van der Waals surface area contributed by atoms with E-state index in [1.54, 1.807) is 17.4 Å². The van der Waals surface area contributed by atoms with Crippen LogP contribution in [0, 0.1) is 11.8 Å². The van der Waals surface area contributed by atoms with Crippen molar-refractivity contribution in [2.75, 3.05) is 7.05 Å². The minimum Gasteiger partial charge on any atom is -0.340 e. The van der Waals surface area contributed by atoms with E-state index < -0.39 is 17.9 Å². The average Bonchev–Trinajstić information content (AvgIpc) is 3.39. The zero-order chi connectivity index (χ0) is 27.9. The topological polar surface area (TPSA) is 98.7 Å². The van der Waals surface area contributed by atoms with Crippen molar-refractivity contribution >= 4 is 17.7 Å². The van der Waals surface area contributed by atoms with Crippen LogP contribution in [0.2, 0.25) is 0 Å². The molecule has 7 nitrogen and oxygen atoms in total. The fourth-order valence-electron chi connectivity index (χ4n) is 5.36. The minimum absolute atomic E-state index is 0.00970. The number of rotatable bonds is 10. The largest absolute Gasteiger partial charge is 0.340 e. The number of benzene rings is 3. The maximum Gasteiger partial charge on any atom is 0.249 e. The summed E-state index contributed by atoms with van der Waals surface area (Å²) in [7, 11) is 1.79. The lowest BCUT2D eigenvalue weighted by Gasteiger charge is -2.30. The Morgan fingerprint density at radius 2 is 1.44 bits per heavy atom. The minimum atomic E-state index is -0.914. The molecule has 0 spiro atoms. The molecule has 3 N–H and O–H groups in total. The number of carbonyl (C=O) groups excluding carboxylic acids is 3. The number of nitrogens with one attached hydrogen (secondary N) is 2. The summed E-state index contributed by atoms with van der Waals surface area (Å²) in [6.07, 6.45) is 1.81. The molecule has 39 heavy (non-hydrogen) atoms. The fourth-order valence-corrected chi connectivity index (χ4v) is 5.36. The predicted octanol–water partition coefficient (Wildman–Crippen LogP) is 4.69. The van der Waals surface area contributed by atoms with Gasteiger partial charge in [-0.05, 0) is 53.0 Å². The summed E-state index contributed by atoms with van der Waals surface area (Å²) in [6.45, 7) is 3.93. The van der Waals surface area contributed by atoms with Crippen LogP contribution in [-0.4, -0.2) is 40.9 Å². The van der Waals surface area contributed by atoms with Gasteiger partial charge < -0.3 is 10.2 Å². The lowest BCUT2D eigenvalue weighted by molar-refractivity contribution is -0.139. The summed E-state index contributed by atoms with van der Waals surface area (Å²) in [5.41, 5.74) is 6.84. The van der Waals surface area contributed by atoms with Gasteiger partial charge in [0.1, 0.15) is 6.04 Å². The molecule has 1 aliphatic rings. The summed E-state index contributed by atoms with van der Waals surface area (Å²) < 4.78 is 0. The summed E-state index contributed by atoms with van der Waals surface area (Å²) in [5.74, 6) is -1.76. The van der Waals surface area contributed by atoms with Crippen molar-refractivity contribution in [2.45, 2.75) is 51.6 Å². The van der Waals surface area contributed by atoms with Crippen molar-refractivity contribution < 1.29 is 19.6 Å². The molecule has 1 aliphatic carbocycles. The van der Waals surface area contributed by atoms with Gasteiger partial charge >= 0.3 is 0 Å². The molecule has 3 aromatic rings. The molecule has 2 atom stereocenters. The van der Waals surface area contributed by atoms with Crippen LogP contribution in [0.25, 0.3) is 11.1 Å². The molecular formula is C32H37N3O4. The standard InChI is InChI=1S/C32H37N3O4/c1-21(2)17-27(20-29(36)34-39)31(37)33-30(24-15-13-23(14-16-24)22-9-5-4-6-10-22)32(38)35(3)28-18-25-11-7-8-12-26(25)19-28/h4-16,21,27-28,30,39H,17-20H2,1-3H3,(H,33,37)(H,34,36)/t27-,30?/m1/s1. The summed E-state index contributed by atoms with van der Waals surface area (Å²) in [5, 5.41) is 12.0. The van der Waals surface area contributed by atoms with E-state index in [4.69, 9.17) is 5.21 Å². The van der Waals surface area contributed by atoms with Crippen molar-refractivity contribution in [2.24, 2.45) is 11.8 Å². The van der Waals surface area contributed by atoms with Crippen LogP contribution < -0.4 is 10.8 Å². The van der Waals surface area contributed by atoms with Crippen LogP contribution in [0.5, 0.6) is 0 Å². The third-order valence-electron chi connectivity index (χ3n) is 7.49. The maximum absolute atomic E-state index is 14.0. The number of hydroxylamine groups is 1. The number of carbonyl (C=O) groups is 3. The summed E-state index contributed by atoms with van der Waals surface area (Å²) in [4.78, 5) is 41.2. The first-order valence-electron chi connectivity index (χ1n) is 13.5. The van der Waals surface area contributed by atoms with Gasteiger partial charge in [-0.25, -0.2) is 5.48 Å². The Morgan fingerprint density at radius 1 is 0.872 bits per heavy atom. The Kier molecular flexibility index (Phi) is 9.15. The highest BCUT2D eigenvalue weighted by molar-refractivity contribution is 5.91. The molecule has 0 aliphatic heterocycles. The molecule has 3 amide bonds. The molecule has 0 bridgehead atoms. The van der Waals surface area contributed by atoms with Crippen molar-refractivity contribution in [3.05, 3.63) is 95.6 Å². The van der Waals surface area contributed by atoms with Gasteiger partial charge in [0, 0.05) is 25.4 Å². The number of hydrogen-bond acceptors (Lipinski definition) is 4. The van der Waals surface area contributed by atoms with Gasteiger partial charge in [0.05, 0.1) is 0 Å². The molecule has 7 heteroatoms. The second-order valence-corrected chi connectivity index (χ2v) is 10.8. The molecule has 4 rings (SSSR count). The smallest absolute Gasteiger partial charge is 0.249 e. The van der Waals surface area contributed by atoms with Crippen LogP contribution in [0.4, 0.5) is 0 Å². The SMILES string of the molecule is CC(C)C[C@H](CC(=O)NO)C(=O)NC(C(=O)N(C)C1Cc2ccccc2C1)c1ccc(-c2ccccc2)cc1. The quantitative estimate of drug-likeness (QED) is 0.263. The van der Waals surface area contributed by atoms with Crippen LogP contribution in [0.1, 0.15) is 49.4 Å². The van der Waals surface area contributed by atoms with E-state index in [9.17, 15) is 14.4 Å². The van der Waals surface area contributed by atoms with Crippen molar-refractivity contribution in [1.82, 2.24) is 15.7 Å². The van der Waals surface area contributed by atoms with E-state index in [-0.39, 0.29) is 30.2 Å². The molecule has 0 fully saturated rings. The van der Waals surface area contributed by atoms with Gasteiger partial charge in [0.15, 0.2) is 0 Å². The van der Waals surface area contributed by atoms with Gasteiger partial charge in [0.25, 0.3) is 0 Å². The monoisotopic (exact) mass is 527 g/mol. The van der Waals surface area contributed by atoms with E-state index in [0.717, 1.165) is 24.0 Å². The Balaban J connectivity index is 1.60. The van der Waals surface area contributed by atoms with Crippen LogP contribution in [-0.2, 0) is 27.2 Å². The number of fused-ring (bicyclic) bond motifs is 1. The zero-order valence-corrected chi connectivity index (χ0v) is 22.8. The van der Waals surface area contributed by atoms with Gasteiger partial charge in [-0.1, -0.05) is 92.7 Å². The first kappa shape index (κ1) is 28.0. The Labute approximate surface area is 230 Å². The van der Waals surface area contributed by atoms with Crippen molar-refractivity contribution in [1.29, 1.82) is 0 Å². The number of nitrogens with zero attached hydrogens (tertiary/aromatic N) is 1. The van der Waals surface area contributed by atoms with Gasteiger partial charge in [0.2, 0.25) is 17.7 Å². The van der Waals surface area contributed by atoms with Gasteiger partial charge in [-0.3, -0.25) is 19.6 Å². The van der Waals surface area contributed by atoms with Crippen LogP contribution in [0.3, 0.4) is 0 Å². The van der Waals surface area contributed by atoms with E-state index in [1.807, 2.05) is 80.6 Å². The maximum atomic E-state index is 14.0. The van der Waals surface area contributed by atoms with E-state index >= 15 is 0 Å². The molecular weight excluding hydrogens is 490 g/mol. The van der Waals surface area contributed by atoms with E-state index in [2.05, 4.69) is 17.4 Å². The lowest BCUT2D eigenvalue weighted by Crippen LogP contribution is -2.47. The summed E-state index contributed by atoms with van der Waals surface area (Å²) in [6, 6.07) is 24.9. The number of amides is 3. The molecule has 3 aromatic carbocycles. The second kappa shape index (κ2) is 12.7. The third-order valence-corrected chi connectivity index (χ3v) is 7.49. The highest BCUT2D eigenvalue weighted by Crippen LogP contribution is 2.29. The zero-order valence-electron chi connectivity index (χ0n) is 22.8. The Morgan fingerprint density at radius 3 is 2.00 bits per heavy atom. The molecule has 0 saturated carbocycles. The third kappa shape index (κ3) is 6.92. The van der Waals surface area contributed by atoms with Crippen LogP contribution in [0.15, 0.2) is 78.9 Å². The number of hydrogen-bond donors (Lipinski definition) is 3. The van der Waals surface area contributed by atoms with Gasteiger partial charge in [-0.2, -0.15) is 0 Å². The average molecular weight is 528 g/mol. The van der Waals surface area contributed by atoms with Crippen molar-refractivity contribution in [3.63, 3.8) is 0 Å². The first-order valence-corrected chi connectivity index (χ1v) is 13.5. The second-order valence-electron chi connectivity index (χ2n) is 10.8. The Hall–Kier alpha value is -3.97. The van der Waals surface area contributed by atoms with E-state index in [0.29, 0.717) is 12.0 Å².